The minimum Gasteiger partial charge on any atom is -0.439 e. The van der Waals surface area contributed by atoms with Gasteiger partial charge in [0.05, 0.1) is 12.7 Å². The molecule has 0 amide bonds. The molecule has 0 unspecified atom stereocenters. The van der Waals surface area contributed by atoms with Gasteiger partial charge in [0.25, 0.3) is 0 Å². The van der Waals surface area contributed by atoms with Gasteiger partial charge >= 0.3 is 0 Å². The molecule has 1 aliphatic rings. The van der Waals surface area contributed by atoms with E-state index < -0.39 is 0 Å². The fourth-order valence-corrected chi connectivity index (χ4v) is 3.37. The number of anilines is 1. The van der Waals surface area contributed by atoms with Crippen LogP contribution >= 0.6 is 0 Å². The predicted octanol–water partition coefficient (Wildman–Crippen LogP) is 3.24. The van der Waals surface area contributed by atoms with Crippen molar-refractivity contribution < 1.29 is 4.42 Å². The lowest BCUT2D eigenvalue weighted by molar-refractivity contribution is 0.114. The lowest BCUT2D eigenvalue weighted by atomic mass is 10.2. The second-order valence-corrected chi connectivity index (χ2v) is 6.78. The molecule has 3 aromatic rings. The van der Waals surface area contributed by atoms with Crippen molar-refractivity contribution >= 4 is 5.69 Å². The van der Waals surface area contributed by atoms with Crippen molar-refractivity contribution in [2.24, 2.45) is 0 Å². The van der Waals surface area contributed by atoms with E-state index in [4.69, 9.17) is 10.2 Å². The summed E-state index contributed by atoms with van der Waals surface area (Å²) in [5.74, 6) is 1.62. The van der Waals surface area contributed by atoms with Crippen molar-refractivity contribution in [3.63, 3.8) is 0 Å². The smallest absolute Gasteiger partial charge is 0.209 e. The van der Waals surface area contributed by atoms with Crippen molar-refractivity contribution in [3.8, 4) is 11.3 Å². The van der Waals surface area contributed by atoms with Gasteiger partial charge in [0.1, 0.15) is 0 Å². The highest BCUT2D eigenvalue weighted by atomic mass is 16.4. The maximum Gasteiger partial charge on any atom is 0.209 e. The summed E-state index contributed by atoms with van der Waals surface area (Å²) in [6.07, 6.45) is 1.82. The molecule has 0 atom stereocenters. The monoisotopic (exact) mass is 348 g/mol. The minimum absolute atomic E-state index is 0.763. The van der Waals surface area contributed by atoms with Crippen LogP contribution in [0.25, 0.3) is 11.3 Å². The number of oxazole rings is 1. The van der Waals surface area contributed by atoms with E-state index in [0.717, 1.165) is 62.2 Å². The van der Waals surface area contributed by atoms with E-state index in [9.17, 15) is 0 Å². The summed E-state index contributed by atoms with van der Waals surface area (Å²) in [5, 5.41) is 0. The Hall–Kier alpha value is -2.63. The lowest BCUT2D eigenvalue weighted by Crippen LogP contribution is -2.45. The summed E-state index contributed by atoms with van der Waals surface area (Å²) in [6.45, 7) is 5.84. The molecular formula is C21H24N4O. The second kappa shape index (κ2) is 7.72. The van der Waals surface area contributed by atoms with Gasteiger partial charge in [-0.05, 0) is 17.7 Å². The first-order valence-electron chi connectivity index (χ1n) is 9.05. The molecule has 5 nitrogen and oxygen atoms in total. The summed E-state index contributed by atoms with van der Waals surface area (Å²) in [4.78, 5) is 9.32. The van der Waals surface area contributed by atoms with Crippen LogP contribution in [0.15, 0.2) is 65.2 Å². The minimum atomic E-state index is 0.763. The molecule has 4 rings (SSSR count). The van der Waals surface area contributed by atoms with Crippen LogP contribution in [0.2, 0.25) is 0 Å². The van der Waals surface area contributed by atoms with E-state index in [1.54, 1.807) is 0 Å². The summed E-state index contributed by atoms with van der Waals surface area (Å²) in [5.41, 5.74) is 9.05. The number of rotatable bonds is 5. The van der Waals surface area contributed by atoms with Gasteiger partial charge in [-0.2, -0.15) is 0 Å². The van der Waals surface area contributed by atoms with Gasteiger partial charge in [-0.1, -0.05) is 42.5 Å². The fraction of sp³-hybridized carbons (Fsp3) is 0.286. The summed E-state index contributed by atoms with van der Waals surface area (Å²) < 4.78 is 5.93. The number of nitrogen functional groups attached to an aromatic ring is 1. The third-order valence-electron chi connectivity index (χ3n) is 4.79. The average Bonchev–Trinajstić information content (AvgIpc) is 3.13. The highest BCUT2D eigenvalue weighted by Gasteiger charge is 2.19. The summed E-state index contributed by atoms with van der Waals surface area (Å²) in [6, 6.07) is 18.3. The Labute approximate surface area is 154 Å². The first-order chi connectivity index (χ1) is 12.8. The van der Waals surface area contributed by atoms with Gasteiger partial charge in [-0.15, -0.1) is 0 Å². The standard InChI is InChI=1S/C21H24N4O/c22-19-8-4-5-17(13-19)15-24-9-11-25(12-10-24)16-21-23-14-20(26-21)18-6-2-1-3-7-18/h1-8,13-14H,9-12,15-16,22H2. The number of piperazine rings is 1. The molecule has 2 N–H and O–H groups in total. The summed E-state index contributed by atoms with van der Waals surface area (Å²) >= 11 is 0. The van der Waals surface area contributed by atoms with E-state index in [2.05, 4.69) is 26.9 Å². The number of hydrogen-bond acceptors (Lipinski definition) is 5. The molecule has 0 aliphatic carbocycles. The maximum atomic E-state index is 5.93. The zero-order valence-corrected chi connectivity index (χ0v) is 14.8. The van der Waals surface area contributed by atoms with Crippen molar-refractivity contribution in [2.45, 2.75) is 13.1 Å². The normalized spacial score (nSPS) is 16.0. The largest absolute Gasteiger partial charge is 0.439 e. The van der Waals surface area contributed by atoms with Crippen LogP contribution in [0, 0.1) is 0 Å². The van der Waals surface area contributed by atoms with Crippen LogP contribution in [-0.4, -0.2) is 41.0 Å². The Kier molecular flexibility index (Phi) is 5.00. The molecule has 2 aromatic carbocycles. The SMILES string of the molecule is Nc1cccc(CN2CCN(Cc3ncc(-c4ccccc4)o3)CC2)c1. The molecule has 0 spiro atoms. The van der Waals surface area contributed by atoms with Crippen LogP contribution in [0.1, 0.15) is 11.5 Å². The molecule has 2 heterocycles. The molecule has 5 heteroatoms. The Morgan fingerprint density at radius 3 is 2.35 bits per heavy atom. The lowest BCUT2D eigenvalue weighted by Gasteiger charge is -2.34. The van der Waals surface area contributed by atoms with Crippen molar-refractivity contribution in [1.29, 1.82) is 0 Å². The van der Waals surface area contributed by atoms with Gasteiger partial charge in [0.15, 0.2) is 5.76 Å². The molecule has 0 radical (unpaired) electrons. The second-order valence-electron chi connectivity index (χ2n) is 6.78. The van der Waals surface area contributed by atoms with Gasteiger partial charge < -0.3 is 10.2 Å². The average molecular weight is 348 g/mol. The molecule has 1 fully saturated rings. The van der Waals surface area contributed by atoms with E-state index in [1.165, 1.54) is 5.56 Å². The topological polar surface area (TPSA) is 58.5 Å². The highest BCUT2D eigenvalue weighted by Crippen LogP contribution is 2.21. The molecule has 1 aliphatic heterocycles. The molecule has 134 valence electrons. The first kappa shape index (κ1) is 16.8. The number of aromatic nitrogens is 1. The van der Waals surface area contributed by atoms with E-state index in [0.29, 0.717) is 0 Å². The molecule has 1 aromatic heterocycles. The Balaban J connectivity index is 1.29. The maximum absolute atomic E-state index is 5.93. The fourth-order valence-electron chi connectivity index (χ4n) is 3.37. The molecule has 1 saturated heterocycles. The Morgan fingerprint density at radius 1 is 0.885 bits per heavy atom. The van der Waals surface area contributed by atoms with Crippen molar-refractivity contribution in [2.75, 3.05) is 31.9 Å². The van der Waals surface area contributed by atoms with Crippen LogP contribution < -0.4 is 5.73 Å². The van der Waals surface area contributed by atoms with Gasteiger partial charge in [0.2, 0.25) is 5.89 Å². The van der Waals surface area contributed by atoms with Crippen molar-refractivity contribution in [3.05, 3.63) is 72.2 Å². The van der Waals surface area contributed by atoms with Crippen LogP contribution in [0.3, 0.4) is 0 Å². The highest BCUT2D eigenvalue weighted by molar-refractivity contribution is 5.55. The quantitative estimate of drug-likeness (QED) is 0.717. The van der Waals surface area contributed by atoms with E-state index >= 15 is 0 Å². The molecular weight excluding hydrogens is 324 g/mol. The summed E-state index contributed by atoms with van der Waals surface area (Å²) in [7, 11) is 0. The van der Waals surface area contributed by atoms with Crippen LogP contribution in [-0.2, 0) is 13.1 Å². The zero-order valence-electron chi connectivity index (χ0n) is 14.8. The van der Waals surface area contributed by atoms with Crippen LogP contribution in [0.4, 0.5) is 5.69 Å². The Morgan fingerprint density at radius 2 is 1.62 bits per heavy atom. The third kappa shape index (κ3) is 4.12. The van der Waals surface area contributed by atoms with Crippen LogP contribution in [0.5, 0.6) is 0 Å². The molecule has 0 saturated carbocycles. The molecule has 26 heavy (non-hydrogen) atoms. The number of nitrogens with zero attached hydrogens (tertiary/aromatic N) is 3. The number of nitrogens with two attached hydrogens (primary N) is 1. The van der Waals surface area contributed by atoms with Gasteiger partial charge in [0, 0.05) is 44.0 Å². The predicted molar refractivity (Wildman–Crippen MR) is 103 cm³/mol. The van der Waals surface area contributed by atoms with Gasteiger partial charge in [-0.3, -0.25) is 9.80 Å². The first-order valence-corrected chi connectivity index (χ1v) is 9.05. The van der Waals surface area contributed by atoms with Crippen molar-refractivity contribution in [1.82, 2.24) is 14.8 Å². The van der Waals surface area contributed by atoms with E-state index in [-0.39, 0.29) is 0 Å². The van der Waals surface area contributed by atoms with E-state index in [1.807, 2.05) is 48.7 Å². The molecule has 0 bridgehead atoms. The Bertz CT molecular complexity index is 838. The third-order valence-corrected chi connectivity index (χ3v) is 4.79. The number of hydrogen-bond donors (Lipinski definition) is 1. The number of benzene rings is 2. The van der Waals surface area contributed by atoms with Gasteiger partial charge in [-0.25, -0.2) is 4.98 Å². The zero-order chi connectivity index (χ0) is 17.8.